The van der Waals surface area contributed by atoms with E-state index >= 15 is 0 Å². The average molecular weight is 359 g/mol. The fourth-order valence-corrected chi connectivity index (χ4v) is 2.91. The minimum atomic E-state index is -0.365. The summed E-state index contributed by atoms with van der Waals surface area (Å²) in [6.45, 7) is 2.10. The molecule has 6 heteroatoms. The molecule has 0 bridgehead atoms. The van der Waals surface area contributed by atoms with Crippen LogP contribution in [0.3, 0.4) is 0 Å². The molecule has 5 nitrogen and oxygen atoms in total. The third-order valence-corrected chi connectivity index (χ3v) is 4.35. The minimum absolute atomic E-state index is 0.0649. The summed E-state index contributed by atoms with van der Waals surface area (Å²) in [4.78, 5) is 24.7. The molecule has 1 N–H and O–H groups in total. The Morgan fingerprint density at radius 3 is 2.32 bits per heavy atom. The van der Waals surface area contributed by atoms with Gasteiger partial charge in [-0.15, -0.1) is 11.8 Å². The maximum atomic E-state index is 12.0. The van der Waals surface area contributed by atoms with Gasteiger partial charge in [-0.1, -0.05) is 0 Å². The number of esters is 1. The molecule has 0 atom stereocenters. The molecule has 1 amide bonds. The highest BCUT2D eigenvalue weighted by Crippen LogP contribution is 2.22. The van der Waals surface area contributed by atoms with E-state index in [1.54, 1.807) is 50.1 Å². The number of methoxy groups -OCH3 is 1. The second kappa shape index (κ2) is 9.74. The quantitative estimate of drug-likeness (QED) is 0.570. The molecule has 0 unspecified atom stereocenters. The average Bonchev–Trinajstić information content (AvgIpc) is 2.63. The Balaban J connectivity index is 1.76. The molecule has 0 heterocycles. The van der Waals surface area contributed by atoms with Crippen LogP contribution in [-0.2, 0) is 9.53 Å². The van der Waals surface area contributed by atoms with E-state index in [0.29, 0.717) is 30.0 Å². The maximum Gasteiger partial charge on any atom is 0.338 e. The molecule has 2 aromatic carbocycles. The number of hydrogen-bond donors (Lipinski definition) is 1. The Bertz CT molecular complexity index is 698. The Morgan fingerprint density at radius 2 is 1.72 bits per heavy atom. The van der Waals surface area contributed by atoms with E-state index in [1.165, 1.54) is 0 Å². The van der Waals surface area contributed by atoms with Gasteiger partial charge in [0.25, 0.3) is 0 Å². The Labute approximate surface area is 151 Å². The highest BCUT2D eigenvalue weighted by Gasteiger charge is 2.07. The zero-order chi connectivity index (χ0) is 18.1. The number of benzene rings is 2. The molecule has 0 fully saturated rings. The van der Waals surface area contributed by atoms with Crippen molar-refractivity contribution in [2.45, 2.75) is 18.2 Å². The molecule has 0 aliphatic heterocycles. The molecule has 0 saturated carbocycles. The first kappa shape index (κ1) is 18.9. The van der Waals surface area contributed by atoms with Gasteiger partial charge in [0.05, 0.1) is 19.3 Å². The van der Waals surface area contributed by atoms with E-state index in [2.05, 4.69) is 5.32 Å². The molecule has 0 aliphatic rings. The smallest absolute Gasteiger partial charge is 0.338 e. The first-order chi connectivity index (χ1) is 12.1. The number of ether oxygens (including phenoxy) is 2. The highest BCUT2D eigenvalue weighted by atomic mass is 32.2. The second-order valence-corrected chi connectivity index (χ2v) is 6.29. The third kappa shape index (κ3) is 6.15. The van der Waals surface area contributed by atoms with Crippen LogP contribution in [-0.4, -0.2) is 31.3 Å². The summed E-state index contributed by atoms with van der Waals surface area (Å²) in [5, 5.41) is 2.82. The molecule has 0 aromatic heterocycles. The lowest BCUT2D eigenvalue weighted by molar-refractivity contribution is -0.115. The van der Waals surface area contributed by atoms with Crippen LogP contribution in [0.2, 0.25) is 0 Å². The molecular weight excluding hydrogens is 338 g/mol. The van der Waals surface area contributed by atoms with Crippen molar-refractivity contribution in [2.75, 3.05) is 24.8 Å². The van der Waals surface area contributed by atoms with Crippen LogP contribution >= 0.6 is 11.8 Å². The number of hydrogen-bond acceptors (Lipinski definition) is 5. The molecule has 2 aromatic rings. The fraction of sp³-hybridized carbons (Fsp3) is 0.263. The van der Waals surface area contributed by atoms with Crippen LogP contribution < -0.4 is 10.1 Å². The van der Waals surface area contributed by atoms with Gasteiger partial charge in [0.1, 0.15) is 5.75 Å². The van der Waals surface area contributed by atoms with Gasteiger partial charge in [0.15, 0.2) is 0 Å². The molecule has 25 heavy (non-hydrogen) atoms. The zero-order valence-electron chi connectivity index (χ0n) is 14.3. The van der Waals surface area contributed by atoms with Gasteiger partial charge >= 0.3 is 5.97 Å². The topological polar surface area (TPSA) is 64.6 Å². The molecule has 0 saturated heterocycles. The van der Waals surface area contributed by atoms with Gasteiger partial charge < -0.3 is 14.8 Å². The first-order valence-electron chi connectivity index (χ1n) is 7.96. The molecule has 0 aliphatic carbocycles. The van der Waals surface area contributed by atoms with E-state index in [1.807, 2.05) is 24.3 Å². The third-order valence-electron chi connectivity index (χ3n) is 3.34. The Hall–Kier alpha value is -2.47. The number of thioether (sulfide) groups is 1. The second-order valence-electron chi connectivity index (χ2n) is 5.12. The number of amides is 1. The number of rotatable bonds is 8. The lowest BCUT2D eigenvalue weighted by atomic mass is 10.2. The number of nitrogens with one attached hydrogen (secondary N) is 1. The fourth-order valence-electron chi connectivity index (χ4n) is 2.06. The summed E-state index contributed by atoms with van der Waals surface area (Å²) in [5.74, 6) is 1.06. The standard InChI is InChI=1S/C19H21NO4S/c1-3-24-19(22)14-4-6-15(7-5-14)20-18(21)12-13-25-17-10-8-16(23-2)9-11-17/h4-11H,3,12-13H2,1-2H3,(H,20,21). The molecule has 2 rings (SSSR count). The highest BCUT2D eigenvalue weighted by molar-refractivity contribution is 7.99. The van der Waals surface area contributed by atoms with Crippen molar-refractivity contribution in [2.24, 2.45) is 0 Å². The van der Waals surface area contributed by atoms with Crippen molar-refractivity contribution >= 4 is 29.3 Å². The van der Waals surface area contributed by atoms with E-state index in [0.717, 1.165) is 10.6 Å². The van der Waals surface area contributed by atoms with Gasteiger partial charge in [-0.25, -0.2) is 4.79 Å². The predicted octanol–water partition coefficient (Wildman–Crippen LogP) is 3.99. The monoisotopic (exact) mass is 359 g/mol. The van der Waals surface area contributed by atoms with E-state index < -0.39 is 0 Å². The molecule has 132 valence electrons. The van der Waals surface area contributed by atoms with Gasteiger partial charge in [0.2, 0.25) is 5.91 Å². The SMILES string of the molecule is CCOC(=O)c1ccc(NC(=O)CCSc2ccc(OC)cc2)cc1. The molecule has 0 radical (unpaired) electrons. The Morgan fingerprint density at radius 1 is 1.04 bits per heavy atom. The predicted molar refractivity (Wildman–Crippen MR) is 99.4 cm³/mol. The van der Waals surface area contributed by atoms with Crippen LogP contribution in [0, 0.1) is 0 Å². The van der Waals surface area contributed by atoms with Crippen molar-refractivity contribution in [3.05, 3.63) is 54.1 Å². The van der Waals surface area contributed by atoms with Crippen molar-refractivity contribution in [1.29, 1.82) is 0 Å². The minimum Gasteiger partial charge on any atom is -0.497 e. The maximum absolute atomic E-state index is 12.0. The summed E-state index contributed by atoms with van der Waals surface area (Å²) in [6, 6.07) is 14.4. The Kier molecular flexibility index (Phi) is 7.35. The van der Waals surface area contributed by atoms with Gasteiger partial charge in [-0.2, -0.15) is 0 Å². The van der Waals surface area contributed by atoms with Crippen LogP contribution in [0.5, 0.6) is 5.75 Å². The van der Waals surface area contributed by atoms with Crippen molar-refractivity contribution in [3.8, 4) is 5.75 Å². The summed E-state index contributed by atoms with van der Waals surface area (Å²) in [6.07, 6.45) is 0.399. The van der Waals surface area contributed by atoms with Gasteiger partial charge in [0, 0.05) is 22.8 Å². The van der Waals surface area contributed by atoms with Crippen molar-refractivity contribution in [3.63, 3.8) is 0 Å². The van der Waals surface area contributed by atoms with E-state index in [4.69, 9.17) is 9.47 Å². The lowest BCUT2D eigenvalue weighted by Crippen LogP contribution is -2.12. The van der Waals surface area contributed by atoms with Gasteiger partial charge in [-0.3, -0.25) is 4.79 Å². The van der Waals surface area contributed by atoms with Crippen LogP contribution in [0.15, 0.2) is 53.4 Å². The molecular formula is C19H21NO4S. The molecule has 0 spiro atoms. The number of anilines is 1. The van der Waals surface area contributed by atoms with Crippen LogP contribution in [0.25, 0.3) is 0 Å². The number of carbonyl (C=O) groups excluding carboxylic acids is 2. The normalized spacial score (nSPS) is 10.2. The van der Waals surface area contributed by atoms with Crippen LogP contribution in [0.4, 0.5) is 5.69 Å². The van der Waals surface area contributed by atoms with Crippen LogP contribution in [0.1, 0.15) is 23.7 Å². The van der Waals surface area contributed by atoms with Crippen molar-refractivity contribution in [1.82, 2.24) is 0 Å². The largest absolute Gasteiger partial charge is 0.497 e. The van der Waals surface area contributed by atoms with E-state index in [-0.39, 0.29) is 11.9 Å². The zero-order valence-corrected chi connectivity index (χ0v) is 15.1. The van der Waals surface area contributed by atoms with Gasteiger partial charge in [-0.05, 0) is 55.5 Å². The number of carbonyl (C=O) groups is 2. The summed E-state index contributed by atoms with van der Waals surface area (Å²) in [5.41, 5.74) is 1.13. The lowest BCUT2D eigenvalue weighted by Gasteiger charge is -2.07. The summed E-state index contributed by atoms with van der Waals surface area (Å²) >= 11 is 1.61. The summed E-state index contributed by atoms with van der Waals surface area (Å²) < 4.78 is 10.0. The van der Waals surface area contributed by atoms with E-state index in [9.17, 15) is 9.59 Å². The summed E-state index contributed by atoms with van der Waals surface area (Å²) in [7, 11) is 1.63. The first-order valence-corrected chi connectivity index (χ1v) is 8.95. The van der Waals surface area contributed by atoms with Crippen molar-refractivity contribution < 1.29 is 19.1 Å².